The maximum atomic E-state index is 15.8. The fourth-order valence-corrected chi connectivity index (χ4v) is 5.71. The number of benzene rings is 2. The van der Waals surface area contributed by atoms with Crippen LogP contribution in [0.5, 0.6) is 11.5 Å². The number of carboxylic acid groups (broad SMARTS) is 1. The van der Waals surface area contributed by atoms with Crippen molar-refractivity contribution in [1.29, 1.82) is 5.26 Å². The van der Waals surface area contributed by atoms with Gasteiger partial charge in [0, 0.05) is 11.6 Å². The Morgan fingerprint density at radius 2 is 1.69 bits per heavy atom. The summed E-state index contributed by atoms with van der Waals surface area (Å²) in [7, 11) is 0. The second kappa shape index (κ2) is 9.55. The highest BCUT2D eigenvalue weighted by molar-refractivity contribution is 6.31. The third-order valence-corrected chi connectivity index (χ3v) is 7.41. The zero-order chi connectivity index (χ0) is 24.5. The molecule has 8 heteroatoms. The van der Waals surface area contributed by atoms with Gasteiger partial charge in [0.1, 0.15) is 28.3 Å². The number of aromatic nitrogens is 1. The van der Waals surface area contributed by atoms with Crippen LogP contribution in [0.3, 0.4) is 0 Å². The van der Waals surface area contributed by atoms with Gasteiger partial charge in [0.15, 0.2) is 11.6 Å². The molecule has 0 radical (unpaired) electrons. The number of para-hydroxylation sites is 1. The summed E-state index contributed by atoms with van der Waals surface area (Å²) < 4.78 is 21.6. The minimum absolute atomic E-state index is 0.0223. The number of carboxylic acids is 1. The number of rotatable bonds is 6. The molecule has 1 aromatic heterocycles. The van der Waals surface area contributed by atoms with Gasteiger partial charge < -0.3 is 15.2 Å². The van der Waals surface area contributed by atoms with Gasteiger partial charge in [-0.3, -0.25) is 4.79 Å². The quantitative estimate of drug-likeness (QED) is 0.382. The van der Waals surface area contributed by atoms with Crippen molar-refractivity contribution in [2.75, 3.05) is 5.32 Å². The SMILES string of the molecule is N#Cc1c(Cl)nc(NC2C3CCC(CC3)C2C(=O)O)c(F)c1-c1ccc(Oc2ccccc2)cc1. The molecular formula is C27H23ClFN3O3. The normalized spacial score (nSPS) is 22.9. The molecule has 0 saturated heterocycles. The Balaban J connectivity index is 1.48. The van der Waals surface area contributed by atoms with Crippen LogP contribution in [0.25, 0.3) is 11.1 Å². The Kier molecular flexibility index (Phi) is 6.31. The highest BCUT2D eigenvalue weighted by atomic mass is 35.5. The first-order valence-electron chi connectivity index (χ1n) is 11.6. The van der Waals surface area contributed by atoms with Gasteiger partial charge in [0.25, 0.3) is 0 Å². The summed E-state index contributed by atoms with van der Waals surface area (Å²) in [6, 6.07) is 17.4. The van der Waals surface area contributed by atoms with Gasteiger partial charge in [-0.1, -0.05) is 41.9 Å². The molecule has 0 spiro atoms. The molecule has 2 N–H and O–H groups in total. The van der Waals surface area contributed by atoms with Crippen LogP contribution in [-0.4, -0.2) is 22.1 Å². The Hall–Kier alpha value is -3.63. The van der Waals surface area contributed by atoms with Crippen LogP contribution < -0.4 is 10.1 Å². The lowest BCUT2D eigenvalue weighted by Crippen LogP contribution is -2.51. The topological polar surface area (TPSA) is 95.2 Å². The molecule has 3 fully saturated rings. The highest BCUT2D eigenvalue weighted by Crippen LogP contribution is 2.47. The van der Waals surface area contributed by atoms with Crippen molar-refractivity contribution >= 4 is 23.4 Å². The van der Waals surface area contributed by atoms with Crippen molar-refractivity contribution in [3.63, 3.8) is 0 Å². The van der Waals surface area contributed by atoms with E-state index in [1.165, 1.54) is 0 Å². The monoisotopic (exact) mass is 491 g/mol. The van der Waals surface area contributed by atoms with Gasteiger partial charge in [0.2, 0.25) is 0 Å². The minimum Gasteiger partial charge on any atom is -0.481 e. The minimum atomic E-state index is -0.883. The number of aliphatic carboxylic acids is 1. The predicted molar refractivity (Wildman–Crippen MR) is 130 cm³/mol. The molecule has 178 valence electrons. The molecule has 3 aliphatic carbocycles. The maximum absolute atomic E-state index is 15.8. The van der Waals surface area contributed by atoms with Crippen LogP contribution in [0.15, 0.2) is 54.6 Å². The molecule has 2 unspecified atom stereocenters. The van der Waals surface area contributed by atoms with Crippen molar-refractivity contribution in [3.05, 3.63) is 71.1 Å². The number of anilines is 1. The highest BCUT2D eigenvalue weighted by Gasteiger charge is 2.47. The standard InChI is InChI=1S/C27H23ClFN3O3/c28-25-20(14-30)21(15-10-12-19(13-11-15)35-18-4-2-1-3-5-18)23(29)26(32-25)31-24-17-8-6-16(7-9-17)22(24)27(33)34/h1-5,10-13,16-17,22,24H,6-9H2,(H,31,32)(H,33,34). The van der Waals surface area contributed by atoms with Gasteiger partial charge in [-0.05, 0) is 67.3 Å². The van der Waals surface area contributed by atoms with E-state index < -0.39 is 23.7 Å². The molecule has 3 aliphatic rings. The van der Waals surface area contributed by atoms with E-state index in [0.717, 1.165) is 25.7 Å². The van der Waals surface area contributed by atoms with E-state index in [9.17, 15) is 15.2 Å². The first-order chi connectivity index (χ1) is 17.0. The van der Waals surface area contributed by atoms with E-state index in [1.54, 1.807) is 24.3 Å². The second-order valence-corrected chi connectivity index (χ2v) is 9.43. The molecule has 1 heterocycles. The zero-order valence-electron chi connectivity index (χ0n) is 18.7. The smallest absolute Gasteiger partial charge is 0.308 e. The number of fused-ring (bicyclic) bond motifs is 3. The Morgan fingerprint density at radius 1 is 1.06 bits per heavy atom. The number of nitrogens with zero attached hydrogens (tertiary/aromatic N) is 2. The molecule has 2 atom stereocenters. The van der Waals surface area contributed by atoms with Crippen molar-refractivity contribution in [1.82, 2.24) is 4.98 Å². The molecule has 3 aromatic rings. The van der Waals surface area contributed by atoms with Crippen molar-refractivity contribution in [3.8, 4) is 28.7 Å². The molecular weight excluding hydrogens is 469 g/mol. The molecule has 0 amide bonds. The molecule has 6 nitrogen and oxygen atoms in total. The van der Waals surface area contributed by atoms with Crippen LogP contribution in [0.4, 0.5) is 10.2 Å². The summed E-state index contributed by atoms with van der Waals surface area (Å²) in [6.45, 7) is 0. The number of ether oxygens (including phenoxy) is 1. The van der Waals surface area contributed by atoms with E-state index in [4.69, 9.17) is 16.3 Å². The third-order valence-electron chi connectivity index (χ3n) is 7.14. The van der Waals surface area contributed by atoms with Gasteiger partial charge >= 0.3 is 5.97 Å². The van der Waals surface area contributed by atoms with E-state index in [0.29, 0.717) is 17.1 Å². The lowest BCUT2D eigenvalue weighted by molar-refractivity contribution is -0.148. The zero-order valence-corrected chi connectivity index (χ0v) is 19.5. The number of nitrogens with one attached hydrogen (secondary N) is 1. The maximum Gasteiger partial charge on any atom is 0.308 e. The number of hydrogen-bond donors (Lipinski definition) is 2. The Bertz CT molecular complexity index is 1290. The summed E-state index contributed by atoms with van der Waals surface area (Å²) in [5.41, 5.74) is 0.382. The lowest BCUT2D eigenvalue weighted by atomic mass is 9.61. The summed E-state index contributed by atoms with van der Waals surface area (Å²) in [5.74, 6) is -0.955. The van der Waals surface area contributed by atoms with Gasteiger partial charge in [-0.25, -0.2) is 9.37 Å². The molecule has 6 rings (SSSR count). The summed E-state index contributed by atoms with van der Waals surface area (Å²) in [5, 5.41) is 22.5. The van der Waals surface area contributed by atoms with Crippen molar-refractivity contribution in [2.45, 2.75) is 31.7 Å². The molecule has 3 saturated carbocycles. The van der Waals surface area contributed by atoms with Crippen LogP contribution in [0.2, 0.25) is 5.15 Å². The number of hydrogen-bond acceptors (Lipinski definition) is 5. The van der Waals surface area contributed by atoms with E-state index in [-0.39, 0.29) is 33.9 Å². The number of carbonyl (C=O) groups is 1. The van der Waals surface area contributed by atoms with E-state index in [1.807, 2.05) is 36.4 Å². The molecule has 2 bridgehead atoms. The number of nitriles is 1. The fraction of sp³-hybridized carbons (Fsp3) is 0.296. The van der Waals surface area contributed by atoms with Gasteiger partial charge in [0.05, 0.1) is 5.92 Å². The average molecular weight is 492 g/mol. The van der Waals surface area contributed by atoms with Gasteiger partial charge in [-0.15, -0.1) is 0 Å². The van der Waals surface area contributed by atoms with Crippen molar-refractivity contribution < 1.29 is 19.0 Å². The van der Waals surface area contributed by atoms with Crippen LogP contribution >= 0.6 is 11.6 Å². The molecule has 35 heavy (non-hydrogen) atoms. The van der Waals surface area contributed by atoms with Gasteiger partial charge in [-0.2, -0.15) is 5.26 Å². The third kappa shape index (κ3) is 4.42. The molecule has 0 aliphatic heterocycles. The summed E-state index contributed by atoms with van der Waals surface area (Å²) in [6.07, 6.45) is 3.53. The largest absolute Gasteiger partial charge is 0.481 e. The Labute approximate surface area is 207 Å². The fourth-order valence-electron chi connectivity index (χ4n) is 5.49. The first-order valence-corrected chi connectivity index (χ1v) is 12.0. The first kappa shape index (κ1) is 23.1. The lowest BCUT2D eigenvalue weighted by Gasteiger charge is -2.47. The number of pyridine rings is 1. The van der Waals surface area contributed by atoms with Crippen molar-refractivity contribution in [2.24, 2.45) is 17.8 Å². The summed E-state index contributed by atoms with van der Waals surface area (Å²) in [4.78, 5) is 16.1. The predicted octanol–water partition coefficient (Wildman–Crippen LogP) is 6.51. The van der Waals surface area contributed by atoms with E-state index >= 15 is 4.39 Å². The Morgan fingerprint density at radius 3 is 2.31 bits per heavy atom. The number of halogens is 2. The van der Waals surface area contributed by atoms with Crippen LogP contribution in [-0.2, 0) is 4.79 Å². The van der Waals surface area contributed by atoms with E-state index in [2.05, 4.69) is 10.3 Å². The van der Waals surface area contributed by atoms with Crippen LogP contribution in [0.1, 0.15) is 31.2 Å². The average Bonchev–Trinajstić information content (AvgIpc) is 2.87. The van der Waals surface area contributed by atoms with Crippen LogP contribution in [0, 0.1) is 34.9 Å². The summed E-state index contributed by atoms with van der Waals surface area (Å²) >= 11 is 6.31. The second-order valence-electron chi connectivity index (χ2n) is 9.08. The molecule has 2 aromatic carbocycles.